The maximum Gasteiger partial charge on any atom is 0.410 e. The van der Waals surface area contributed by atoms with Crippen LogP contribution in [0, 0.1) is 56.7 Å². The lowest BCUT2D eigenvalue weighted by atomic mass is 9.41. The van der Waals surface area contributed by atoms with Crippen LogP contribution in [0.5, 0.6) is 0 Å². The van der Waals surface area contributed by atoms with Crippen molar-refractivity contribution in [3.8, 4) is 0 Å². The molecule has 2 amide bonds. The molecule has 0 aromatic carbocycles. The number of amides is 2. The van der Waals surface area contributed by atoms with Crippen LogP contribution in [-0.2, 0) is 18.9 Å². The van der Waals surface area contributed by atoms with Gasteiger partial charge in [0.05, 0.1) is 18.8 Å². The first-order chi connectivity index (χ1) is 25.1. The molecule has 53 heavy (non-hydrogen) atoms. The number of carbonyl (C=O) groups excluding carboxylic acids is 2. The quantitative estimate of drug-likeness (QED) is 0.240. The van der Waals surface area contributed by atoms with Gasteiger partial charge in [-0.15, -0.1) is 0 Å². The normalized spacial score (nSPS) is 42.0. The summed E-state index contributed by atoms with van der Waals surface area (Å²) in [5.74, 6) is 1.87. The van der Waals surface area contributed by atoms with E-state index >= 15 is 0 Å². The minimum Gasteiger partial charge on any atom is -0.446 e. The molecule has 0 radical (unpaired) electrons. The highest BCUT2D eigenvalue weighted by Gasteiger charge is 2.83. The van der Waals surface area contributed by atoms with Crippen LogP contribution in [-0.4, -0.2) is 123 Å². The molecule has 5 aliphatic carbocycles. The molecule has 5 saturated carbocycles. The second-order valence-electron chi connectivity index (χ2n) is 20.2. The Morgan fingerprint density at radius 2 is 1.49 bits per heavy atom. The Labute approximate surface area is 320 Å². The van der Waals surface area contributed by atoms with E-state index in [2.05, 4.69) is 53.4 Å². The zero-order chi connectivity index (χ0) is 38.1. The van der Waals surface area contributed by atoms with E-state index in [-0.39, 0.29) is 69.6 Å². The molecule has 10 nitrogen and oxygen atoms in total. The van der Waals surface area contributed by atoms with Crippen LogP contribution in [0.1, 0.15) is 113 Å². The van der Waals surface area contributed by atoms with Gasteiger partial charge in [-0.05, 0) is 110 Å². The molecule has 2 spiro atoms. The summed E-state index contributed by atoms with van der Waals surface area (Å²) in [6.45, 7) is 22.7. The number of piperazine rings is 1. The first-order valence-corrected chi connectivity index (χ1v) is 21.4. The van der Waals surface area contributed by atoms with Crippen LogP contribution >= 0.6 is 0 Å². The zero-order valence-electron chi connectivity index (χ0n) is 34.7. The van der Waals surface area contributed by atoms with E-state index in [1.54, 1.807) is 19.1 Å². The monoisotopic (exact) mass is 744 g/mol. The van der Waals surface area contributed by atoms with Gasteiger partial charge in [0.2, 0.25) is 0 Å². The summed E-state index contributed by atoms with van der Waals surface area (Å²) in [4.78, 5) is 32.5. The minimum atomic E-state index is -0.331. The van der Waals surface area contributed by atoms with Crippen LogP contribution in [0.25, 0.3) is 0 Å². The number of hydrogen-bond acceptors (Lipinski definition) is 8. The van der Waals surface area contributed by atoms with Gasteiger partial charge in [-0.2, -0.15) is 0 Å². The summed E-state index contributed by atoms with van der Waals surface area (Å²) in [6.07, 6.45) is 9.47. The molecule has 2 heterocycles. The van der Waals surface area contributed by atoms with Crippen molar-refractivity contribution in [3.63, 3.8) is 0 Å². The molecule has 3 unspecified atom stereocenters. The number of carbonyl (C=O) groups is 2. The molecule has 2 aliphatic heterocycles. The summed E-state index contributed by atoms with van der Waals surface area (Å²) < 4.78 is 23.9. The fraction of sp³-hybridized carbons (Fsp3) is 0.953. The summed E-state index contributed by atoms with van der Waals surface area (Å²) in [5, 5.41) is 12.3. The molecule has 7 fully saturated rings. The molecule has 10 heteroatoms. The summed E-state index contributed by atoms with van der Waals surface area (Å²) in [6, 6.07) is 0. The van der Waals surface area contributed by atoms with Gasteiger partial charge in [0.1, 0.15) is 12.2 Å². The highest BCUT2D eigenvalue weighted by molar-refractivity contribution is 5.69. The van der Waals surface area contributed by atoms with E-state index in [1.165, 1.54) is 12.8 Å². The minimum absolute atomic E-state index is 0.0220. The van der Waals surface area contributed by atoms with Gasteiger partial charge >= 0.3 is 12.2 Å². The Hall–Kier alpha value is -1.62. The van der Waals surface area contributed by atoms with E-state index in [4.69, 9.17) is 18.9 Å². The summed E-state index contributed by atoms with van der Waals surface area (Å²) in [5.41, 5.74) is 0.346. The predicted molar refractivity (Wildman–Crippen MR) is 204 cm³/mol. The number of methoxy groups -OCH3 is 2. The fourth-order valence-corrected chi connectivity index (χ4v) is 14.3. The molecule has 302 valence electrons. The zero-order valence-corrected chi connectivity index (χ0v) is 34.7. The maximum absolute atomic E-state index is 13.5. The molecular formula is C43H73N3O7. The van der Waals surface area contributed by atoms with E-state index in [0.29, 0.717) is 36.8 Å². The Morgan fingerprint density at radius 3 is 2.11 bits per heavy atom. The Bertz CT molecular complexity index is 1350. The highest BCUT2D eigenvalue weighted by Crippen LogP contribution is 2.89. The van der Waals surface area contributed by atoms with Crippen molar-refractivity contribution in [2.24, 2.45) is 56.7 Å². The van der Waals surface area contributed by atoms with Crippen molar-refractivity contribution in [2.45, 2.75) is 137 Å². The molecule has 7 aliphatic rings. The Kier molecular flexibility index (Phi) is 10.8. The van der Waals surface area contributed by atoms with E-state index < -0.39 is 0 Å². The predicted octanol–water partition coefficient (Wildman–Crippen LogP) is 7.07. The molecule has 0 aromatic heterocycles. The standard InChI is InChI=1S/C43H73N3O7/c1-28(2)36(53-38(49)45-17-10-18-45)31(51-9)25-29(3)30-26-34(47)41(7)33-12-11-32-39(4,5)35(13-14-42(32)27-43(33,42)16-15-40(30,41)6)52-37(48)46-21-19-44(20-22-46)23-24-50-8/h28-36,47H,10-27H2,1-9H3/t29-,30-,31?,32+,33?,34+,35+,36-,40-,41-,42-,43?/m1/s1. The lowest BCUT2D eigenvalue weighted by Crippen LogP contribution is -2.60. The first kappa shape index (κ1) is 39.6. The van der Waals surface area contributed by atoms with Crippen molar-refractivity contribution in [2.75, 3.05) is 66.6 Å². The van der Waals surface area contributed by atoms with E-state index in [0.717, 1.165) is 90.7 Å². The highest BCUT2D eigenvalue weighted by atomic mass is 16.6. The topological polar surface area (TPSA) is 101 Å². The van der Waals surface area contributed by atoms with Crippen molar-refractivity contribution >= 4 is 12.2 Å². The van der Waals surface area contributed by atoms with Gasteiger partial charge in [-0.1, -0.05) is 48.5 Å². The Morgan fingerprint density at radius 1 is 0.830 bits per heavy atom. The smallest absolute Gasteiger partial charge is 0.410 e. The Balaban J connectivity index is 1.03. The number of aliphatic hydroxyl groups is 1. The molecule has 0 bridgehead atoms. The number of hydrogen-bond donors (Lipinski definition) is 1. The van der Waals surface area contributed by atoms with Gasteiger partial charge in [-0.25, -0.2) is 9.59 Å². The third-order valence-corrected chi connectivity index (χ3v) is 17.6. The summed E-state index contributed by atoms with van der Waals surface area (Å²) in [7, 11) is 3.50. The van der Waals surface area contributed by atoms with Crippen molar-refractivity contribution in [3.05, 3.63) is 0 Å². The van der Waals surface area contributed by atoms with Crippen LogP contribution in [0.15, 0.2) is 0 Å². The molecule has 0 aromatic rings. The average molecular weight is 744 g/mol. The first-order valence-electron chi connectivity index (χ1n) is 21.4. The summed E-state index contributed by atoms with van der Waals surface area (Å²) >= 11 is 0. The van der Waals surface area contributed by atoms with Gasteiger partial charge in [0, 0.05) is 70.9 Å². The number of aliphatic hydroxyl groups excluding tert-OH is 1. The SMILES string of the molecule is COCCN1CCN(C(=O)O[C@H]2CC[C@]34CC35CC[C@]3(C)[C@@H]([C@H](C)CC(OC)[C@H](OC(=O)N6CCC6)C(C)C)C[C@H](O)[C@@]3(C)C5CC[C@H]4C2(C)C)CC1. The number of ether oxygens (including phenoxy) is 4. The second-order valence-corrected chi connectivity index (χ2v) is 20.2. The third-order valence-electron chi connectivity index (χ3n) is 17.6. The van der Waals surface area contributed by atoms with Gasteiger partial charge in [0.25, 0.3) is 0 Å². The number of rotatable bonds is 11. The van der Waals surface area contributed by atoms with Crippen LogP contribution in [0.2, 0.25) is 0 Å². The van der Waals surface area contributed by atoms with Gasteiger partial charge in [0.15, 0.2) is 0 Å². The fourth-order valence-electron chi connectivity index (χ4n) is 14.3. The van der Waals surface area contributed by atoms with Crippen molar-refractivity contribution < 1.29 is 33.6 Å². The van der Waals surface area contributed by atoms with Crippen LogP contribution < -0.4 is 0 Å². The number of nitrogens with zero attached hydrogens (tertiary/aromatic N) is 3. The molecule has 7 rings (SSSR count). The average Bonchev–Trinajstić information content (AvgIpc) is 3.72. The van der Waals surface area contributed by atoms with E-state index in [9.17, 15) is 14.7 Å². The third kappa shape index (κ3) is 6.16. The van der Waals surface area contributed by atoms with Gasteiger partial charge in [-0.3, -0.25) is 4.90 Å². The molecule has 2 saturated heterocycles. The van der Waals surface area contributed by atoms with E-state index in [1.807, 2.05) is 4.90 Å². The molecular weight excluding hydrogens is 670 g/mol. The largest absolute Gasteiger partial charge is 0.446 e. The maximum atomic E-state index is 13.5. The van der Waals surface area contributed by atoms with Crippen molar-refractivity contribution in [1.82, 2.24) is 14.7 Å². The molecule has 12 atom stereocenters. The number of fused-ring (bicyclic) bond motifs is 2. The van der Waals surface area contributed by atoms with Crippen LogP contribution in [0.3, 0.4) is 0 Å². The van der Waals surface area contributed by atoms with Crippen molar-refractivity contribution in [1.29, 1.82) is 0 Å². The lowest BCUT2D eigenvalue weighted by Gasteiger charge is -2.64. The molecule has 1 N–H and O–H groups in total. The van der Waals surface area contributed by atoms with Crippen LogP contribution in [0.4, 0.5) is 9.59 Å². The second kappa shape index (κ2) is 14.4. The van der Waals surface area contributed by atoms with Gasteiger partial charge < -0.3 is 33.9 Å². The lowest BCUT2D eigenvalue weighted by molar-refractivity contribution is -0.183. The number of likely N-dealkylation sites (tertiary alicyclic amines) is 1.